The predicted octanol–water partition coefficient (Wildman–Crippen LogP) is 1.76. The molecule has 1 aromatic carbocycles. The summed E-state index contributed by atoms with van der Waals surface area (Å²) in [5.41, 5.74) is 0.756. The van der Waals surface area contributed by atoms with Crippen molar-refractivity contribution in [1.82, 2.24) is 4.90 Å². The first kappa shape index (κ1) is 14.3. The summed E-state index contributed by atoms with van der Waals surface area (Å²) < 4.78 is 10.7. The van der Waals surface area contributed by atoms with Gasteiger partial charge in [-0.25, -0.2) is 4.79 Å². The second-order valence-electron chi connectivity index (χ2n) is 5.00. The van der Waals surface area contributed by atoms with Crippen molar-refractivity contribution in [3.63, 3.8) is 0 Å². The monoisotopic (exact) mass is 301 g/mol. The number of fused-ring (bicyclic) bond motifs is 1. The highest BCUT2D eigenvalue weighted by molar-refractivity contribution is 5.92. The Hall–Kier alpha value is -2.60. The van der Waals surface area contributed by atoms with Crippen molar-refractivity contribution in [2.45, 2.75) is 6.10 Å². The van der Waals surface area contributed by atoms with E-state index < -0.39 is 12.1 Å². The van der Waals surface area contributed by atoms with Crippen molar-refractivity contribution < 1.29 is 23.8 Å². The van der Waals surface area contributed by atoms with Gasteiger partial charge in [-0.05, 0) is 18.2 Å². The lowest BCUT2D eigenvalue weighted by Crippen LogP contribution is -2.48. The van der Waals surface area contributed by atoms with E-state index in [4.69, 9.17) is 14.3 Å². The van der Waals surface area contributed by atoms with Crippen LogP contribution in [0.25, 0.3) is 17.0 Å². The summed E-state index contributed by atoms with van der Waals surface area (Å²) in [5.74, 6) is -0.730. The first-order chi connectivity index (χ1) is 10.6. The molecule has 1 unspecified atom stereocenters. The van der Waals surface area contributed by atoms with Gasteiger partial charge in [-0.15, -0.1) is 0 Å². The normalized spacial score (nSPS) is 18.9. The van der Waals surface area contributed by atoms with Crippen LogP contribution < -0.4 is 0 Å². The number of morpholine rings is 1. The number of carbonyl (C=O) groups excluding carboxylic acids is 1. The Morgan fingerprint density at radius 1 is 1.32 bits per heavy atom. The van der Waals surface area contributed by atoms with E-state index in [1.165, 1.54) is 11.0 Å². The van der Waals surface area contributed by atoms with Gasteiger partial charge in [0.05, 0.1) is 13.2 Å². The fraction of sp³-hybridized carbons (Fsp3) is 0.250. The summed E-state index contributed by atoms with van der Waals surface area (Å²) in [6, 6.07) is 9.42. The van der Waals surface area contributed by atoms with Gasteiger partial charge in [0.2, 0.25) is 5.91 Å². The van der Waals surface area contributed by atoms with Gasteiger partial charge < -0.3 is 19.2 Å². The van der Waals surface area contributed by atoms with Crippen LogP contribution in [0.5, 0.6) is 0 Å². The van der Waals surface area contributed by atoms with Gasteiger partial charge in [0, 0.05) is 18.0 Å². The van der Waals surface area contributed by atoms with Gasteiger partial charge >= 0.3 is 5.97 Å². The highest BCUT2D eigenvalue weighted by atomic mass is 16.5. The Kier molecular flexibility index (Phi) is 3.93. The molecule has 6 heteroatoms. The Labute approximate surface area is 126 Å². The minimum absolute atomic E-state index is 0.0542. The quantitative estimate of drug-likeness (QED) is 0.874. The molecule has 1 amide bonds. The van der Waals surface area contributed by atoms with Gasteiger partial charge in [0.1, 0.15) is 11.3 Å². The van der Waals surface area contributed by atoms with E-state index in [0.717, 1.165) is 11.0 Å². The number of nitrogens with zero attached hydrogens (tertiary/aromatic N) is 1. The molecule has 0 spiro atoms. The lowest BCUT2D eigenvalue weighted by Gasteiger charge is -2.29. The van der Waals surface area contributed by atoms with Crippen LogP contribution in [0.1, 0.15) is 5.76 Å². The van der Waals surface area contributed by atoms with Crippen molar-refractivity contribution in [3.05, 3.63) is 42.2 Å². The Balaban J connectivity index is 1.69. The van der Waals surface area contributed by atoms with E-state index >= 15 is 0 Å². The molecule has 0 aliphatic carbocycles. The molecule has 22 heavy (non-hydrogen) atoms. The third-order valence-corrected chi connectivity index (χ3v) is 3.49. The van der Waals surface area contributed by atoms with Crippen LogP contribution in [0.2, 0.25) is 0 Å². The molecule has 0 saturated carbocycles. The van der Waals surface area contributed by atoms with Gasteiger partial charge in [0.15, 0.2) is 6.10 Å². The lowest BCUT2D eigenvalue weighted by atomic mass is 10.2. The molecular weight excluding hydrogens is 286 g/mol. The van der Waals surface area contributed by atoms with E-state index in [-0.39, 0.29) is 19.1 Å². The Bertz CT molecular complexity index is 700. The van der Waals surface area contributed by atoms with Crippen molar-refractivity contribution >= 4 is 28.9 Å². The molecule has 1 aliphatic rings. The summed E-state index contributed by atoms with van der Waals surface area (Å²) in [5, 5.41) is 9.90. The van der Waals surface area contributed by atoms with Crippen LogP contribution in [0.3, 0.4) is 0 Å². The molecule has 6 nitrogen and oxygen atoms in total. The van der Waals surface area contributed by atoms with Gasteiger partial charge in [-0.1, -0.05) is 18.2 Å². The largest absolute Gasteiger partial charge is 0.479 e. The summed E-state index contributed by atoms with van der Waals surface area (Å²) in [6.45, 7) is 0.660. The van der Waals surface area contributed by atoms with Gasteiger partial charge in [-0.2, -0.15) is 0 Å². The third kappa shape index (κ3) is 3.01. The van der Waals surface area contributed by atoms with Crippen molar-refractivity contribution in [3.8, 4) is 0 Å². The fourth-order valence-electron chi connectivity index (χ4n) is 2.34. The number of aliphatic carboxylic acids is 1. The average Bonchev–Trinajstić information content (AvgIpc) is 2.95. The zero-order valence-electron chi connectivity index (χ0n) is 11.8. The number of carbonyl (C=O) groups is 2. The predicted molar refractivity (Wildman–Crippen MR) is 79.2 cm³/mol. The smallest absolute Gasteiger partial charge is 0.334 e. The lowest BCUT2D eigenvalue weighted by molar-refractivity contribution is -0.158. The number of amides is 1. The molecule has 1 saturated heterocycles. The van der Waals surface area contributed by atoms with Crippen molar-refractivity contribution in [1.29, 1.82) is 0 Å². The van der Waals surface area contributed by atoms with Crippen LogP contribution >= 0.6 is 0 Å². The zero-order valence-corrected chi connectivity index (χ0v) is 11.8. The second-order valence-corrected chi connectivity index (χ2v) is 5.00. The average molecular weight is 301 g/mol. The molecular formula is C16H15NO5. The van der Waals surface area contributed by atoms with E-state index in [0.29, 0.717) is 12.3 Å². The van der Waals surface area contributed by atoms with Crippen molar-refractivity contribution in [2.24, 2.45) is 0 Å². The van der Waals surface area contributed by atoms with Crippen molar-refractivity contribution in [2.75, 3.05) is 19.7 Å². The van der Waals surface area contributed by atoms with Crippen LogP contribution in [-0.4, -0.2) is 47.7 Å². The fourth-order valence-corrected chi connectivity index (χ4v) is 2.34. The molecule has 1 atom stereocenters. The zero-order chi connectivity index (χ0) is 15.5. The molecule has 0 radical (unpaired) electrons. The minimum Gasteiger partial charge on any atom is -0.479 e. The number of ether oxygens (including phenoxy) is 1. The van der Waals surface area contributed by atoms with Crippen LogP contribution in [-0.2, 0) is 14.3 Å². The number of rotatable bonds is 3. The molecule has 3 rings (SSSR count). The topological polar surface area (TPSA) is 80.0 Å². The molecule has 2 aromatic rings. The van der Waals surface area contributed by atoms with Gasteiger partial charge in [0.25, 0.3) is 0 Å². The summed E-state index contributed by atoms with van der Waals surface area (Å²) in [7, 11) is 0. The maximum atomic E-state index is 12.1. The number of para-hydroxylation sites is 1. The maximum Gasteiger partial charge on any atom is 0.334 e. The SMILES string of the molecule is O=C(O)C1CN(C(=O)C=Cc2cc3ccccc3o2)CCO1. The third-order valence-electron chi connectivity index (χ3n) is 3.49. The molecule has 1 N–H and O–H groups in total. The van der Waals surface area contributed by atoms with Gasteiger partial charge in [-0.3, -0.25) is 4.79 Å². The first-order valence-electron chi connectivity index (χ1n) is 6.93. The maximum absolute atomic E-state index is 12.1. The number of hydrogen-bond acceptors (Lipinski definition) is 4. The summed E-state index contributed by atoms with van der Waals surface area (Å²) in [4.78, 5) is 24.5. The van der Waals surface area contributed by atoms with E-state index in [9.17, 15) is 9.59 Å². The summed E-state index contributed by atoms with van der Waals surface area (Å²) in [6.07, 6.45) is 2.02. The van der Waals surface area contributed by atoms with E-state index in [2.05, 4.69) is 0 Å². The standard InChI is InChI=1S/C16H15NO5/c18-15(17-7-8-21-14(10-17)16(19)20)6-5-12-9-11-3-1-2-4-13(11)22-12/h1-6,9,14H,7-8,10H2,(H,19,20). The molecule has 1 aliphatic heterocycles. The van der Waals surface area contributed by atoms with E-state index in [1.807, 2.05) is 30.3 Å². The number of benzene rings is 1. The Morgan fingerprint density at radius 2 is 2.14 bits per heavy atom. The first-order valence-corrected chi connectivity index (χ1v) is 6.93. The van der Waals surface area contributed by atoms with E-state index in [1.54, 1.807) is 6.08 Å². The highest BCUT2D eigenvalue weighted by Gasteiger charge is 2.27. The number of carboxylic acids is 1. The second kappa shape index (κ2) is 6.03. The minimum atomic E-state index is -1.06. The molecule has 2 heterocycles. The summed E-state index contributed by atoms with van der Waals surface area (Å²) >= 11 is 0. The highest BCUT2D eigenvalue weighted by Crippen LogP contribution is 2.19. The number of furan rings is 1. The van der Waals surface area contributed by atoms with Crippen LogP contribution in [0, 0.1) is 0 Å². The van der Waals surface area contributed by atoms with Crippen LogP contribution in [0.4, 0.5) is 0 Å². The number of hydrogen-bond donors (Lipinski definition) is 1. The molecule has 1 fully saturated rings. The Morgan fingerprint density at radius 3 is 2.91 bits per heavy atom. The molecule has 1 aromatic heterocycles. The molecule has 0 bridgehead atoms. The number of carboxylic acid groups (broad SMARTS) is 1. The van der Waals surface area contributed by atoms with Crippen LogP contribution in [0.15, 0.2) is 40.8 Å². The molecule has 114 valence electrons.